The van der Waals surface area contributed by atoms with Crippen LogP contribution in [0.5, 0.6) is 0 Å². The highest BCUT2D eigenvalue weighted by Crippen LogP contribution is 2.11. The van der Waals surface area contributed by atoms with Gasteiger partial charge in [0.2, 0.25) is 11.5 Å². The number of anilines is 1. The Hall–Kier alpha value is -3.89. The molecule has 28 heavy (non-hydrogen) atoms. The number of carbonyl (C=O) groups excluding carboxylic acids is 2. The van der Waals surface area contributed by atoms with E-state index in [1.165, 1.54) is 20.2 Å². The zero-order valence-electron chi connectivity index (χ0n) is 15.1. The van der Waals surface area contributed by atoms with E-state index in [1.54, 1.807) is 29.2 Å². The first-order chi connectivity index (χ1) is 13.3. The highest BCUT2D eigenvalue weighted by atomic mass is 16.5. The van der Waals surface area contributed by atoms with Crippen molar-refractivity contribution in [2.45, 2.75) is 6.54 Å². The summed E-state index contributed by atoms with van der Waals surface area (Å²) in [5.41, 5.74) is 3.75. The number of ketones is 1. The first-order valence-electron chi connectivity index (χ1n) is 8.11. The number of nitrogens with zero attached hydrogens (tertiary/aromatic N) is 4. The lowest BCUT2D eigenvalue weighted by atomic mass is 10.2. The van der Waals surface area contributed by atoms with Crippen LogP contribution in [0.15, 0.2) is 44.6 Å². The molecule has 0 aliphatic carbocycles. The van der Waals surface area contributed by atoms with Crippen molar-refractivity contribution in [3.8, 4) is 0 Å². The minimum atomic E-state index is -0.875. The van der Waals surface area contributed by atoms with Crippen molar-refractivity contribution in [3.63, 3.8) is 0 Å². The van der Waals surface area contributed by atoms with E-state index in [0.29, 0.717) is 12.3 Å². The van der Waals surface area contributed by atoms with Crippen LogP contribution in [0.4, 0.5) is 5.82 Å². The Balaban J connectivity index is 1.70. The highest BCUT2D eigenvalue weighted by Gasteiger charge is 2.22. The number of rotatable bonds is 6. The molecular weight excluding hydrogens is 370 g/mol. The van der Waals surface area contributed by atoms with Crippen LogP contribution in [-0.2, 0) is 25.4 Å². The standard InChI is InChI=1S/C17H17N5O6/c1-20-14(18)13(15(24)21(2)17(20)26)11(23)9-27-16(25)12-5-4-10(28-12)8-22-7-3-6-19-22/h3-7H,8-9,18H2,1-2H3. The van der Waals surface area contributed by atoms with Crippen LogP contribution >= 0.6 is 0 Å². The number of aromatic nitrogens is 4. The smallest absolute Gasteiger partial charge is 0.374 e. The summed E-state index contributed by atoms with van der Waals surface area (Å²) < 4.78 is 13.6. The number of esters is 1. The van der Waals surface area contributed by atoms with Crippen molar-refractivity contribution < 1.29 is 18.7 Å². The molecule has 0 bridgehead atoms. The molecule has 0 radical (unpaired) electrons. The van der Waals surface area contributed by atoms with Crippen molar-refractivity contribution in [3.05, 3.63) is 68.5 Å². The number of ether oxygens (including phenoxy) is 1. The summed E-state index contributed by atoms with van der Waals surface area (Å²) in [6, 6.07) is 4.74. The van der Waals surface area contributed by atoms with E-state index in [4.69, 9.17) is 14.9 Å². The lowest BCUT2D eigenvalue weighted by Crippen LogP contribution is -2.42. The van der Waals surface area contributed by atoms with Crippen molar-refractivity contribution >= 4 is 17.6 Å². The molecule has 3 rings (SSSR count). The summed E-state index contributed by atoms with van der Waals surface area (Å²) in [6.45, 7) is -0.407. The van der Waals surface area contributed by atoms with Gasteiger partial charge in [-0.1, -0.05) is 0 Å². The predicted octanol–water partition coefficient (Wildman–Crippen LogP) is -0.456. The van der Waals surface area contributed by atoms with Crippen molar-refractivity contribution in [2.24, 2.45) is 14.1 Å². The maximum absolute atomic E-state index is 12.3. The molecule has 146 valence electrons. The molecule has 0 atom stereocenters. The average molecular weight is 387 g/mol. The van der Waals surface area contributed by atoms with Gasteiger partial charge in [-0.3, -0.25) is 23.4 Å². The molecule has 0 saturated heterocycles. The fourth-order valence-electron chi connectivity index (χ4n) is 2.52. The minimum Gasteiger partial charge on any atom is -0.452 e. The van der Waals surface area contributed by atoms with Gasteiger partial charge in [-0.2, -0.15) is 5.10 Å². The van der Waals surface area contributed by atoms with Crippen molar-refractivity contribution in [1.82, 2.24) is 18.9 Å². The van der Waals surface area contributed by atoms with Gasteiger partial charge in [-0.25, -0.2) is 9.59 Å². The Labute approximate surface area is 157 Å². The number of carbonyl (C=O) groups is 2. The molecule has 0 aliphatic heterocycles. The summed E-state index contributed by atoms with van der Waals surface area (Å²) in [7, 11) is 2.54. The van der Waals surface area contributed by atoms with E-state index in [2.05, 4.69) is 5.10 Å². The van der Waals surface area contributed by atoms with Crippen LogP contribution in [0.2, 0.25) is 0 Å². The minimum absolute atomic E-state index is 0.101. The molecule has 11 heteroatoms. The fourth-order valence-corrected chi connectivity index (χ4v) is 2.52. The number of nitrogen functional groups attached to an aromatic ring is 1. The summed E-state index contributed by atoms with van der Waals surface area (Å²) in [5, 5.41) is 4.02. The first kappa shape index (κ1) is 18.9. The van der Waals surface area contributed by atoms with E-state index < -0.39 is 35.2 Å². The molecule has 0 aromatic carbocycles. The molecule has 11 nitrogen and oxygen atoms in total. The van der Waals surface area contributed by atoms with E-state index in [1.807, 2.05) is 0 Å². The van der Waals surface area contributed by atoms with Gasteiger partial charge in [0.05, 0.1) is 6.54 Å². The topological polar surface area (TPSA) is 144 Å². The van der Waals surface area contributed by atoms with Crippen LogP contribution < -0.4 is 17.0 Å². The molecule has 2 N–H and O–H groups in total. The van der Waals surface area contributed by atoms with Gasteiger partial charge in [-0.05, 0) is 18.2 Å². The molecule has 0 saturated carbocycles. The Morgan fingerprint density at radius 1 is 1.21 bits per heavy atom. The summed E-state index contributed by atoms with van der Waals surface area (Å²) in [6.07, 6.45) is 3.34. The first-order valence-corrected chi connectivity index (χ1v) is 8.11. The molecule has 0 unspecified atom stereocenters. The summed E-state index contributed by atoms with van der Waals surface area (Å²) in [4.78, 5) is 48.4. The zero-order chi connectivity index (χ0) is 20.4. The third-order valence-electron chi connectivity index (χ3n) is 4.06. The molecule has 3 aromatic heterocycles. The monoisotopic (exact) mass is 387 g/mol. The maximum Gasteiger partial charge on any atom is 0.374 e. The van der Waals surface area contributed by atoms with Gasteiger partial charge in [0.25, 0.3) is 5.56 Å². The van der Waals surface area contributed by atoms with Gasteiger partial charge >= 0.3 is 11.7 Å². The van der Waals surface area contributed by atoms with Crippen molar-refractivity contribution in [1.29, 1.82) is 0 Å². The Morgan fingerprint density at radius 3 is 2.64 bits per heavy atom. The quantitative estimate of drug-likeness (QED) is 0.442. The largest absolute Gasteiger partial charge is 0.452 e. The third-order valence-corrected chi connectivity index (χ3v) is 4.06. The average Bonchev–Trinajstić information content (AvgIpc) is 3.35. The maximum atomic E-state index is 12.3. The lowest BCUT2D eigenvalue weighted by Gasteiger charge is -2.10. The predicted molar refractivity (Wildman–Crippen MR) is 96.0 cm³/mol. The van der Waals surface area contributed by atoms with Gasteiger partial charge in [0, 0.05) is 26.5 Å². The van der Waals surface area contributed by atoms with Crippen LogP contribution in [-0.4, -0.2) is 37.3 Å². The number of furan rings is 1. The van der Waals surface area contributed by atoms with Crippen molar-refractivity contribution in [2.75, 3.05) is 12.3 Å². The van der Waals surface area contributed by atoms with E-state index in [9.17, 15) is 19.2 Å². The van der Waals surface area contributed by atoms with Crippen LogP contribution in [0.3, 0.4) is 0 Å². The van der Waals surface area contributed by atoms with Crippen LogP contribution in [0.1, 0.15) is 26.7 Å². The molecule has 3 aromatic rings. The SMILES string of the molecule is Cn1c(N)c(C(=O)COC(=O)c2ccc(Cn3cccn3)o2)c(=O)n(C)c1=O. The van der Waals surface area contributed by atoms with Gasteiger partial charge in [-0.15, -0.1) is 0 Å². The number of hydrogen-bond donors (Lipinski definition) is 1. The zero-order valence-corrected chi connectivity index (χ0v) is 15.1. The van der Waals surface area contributed by atoms with Crippen LogP contribution in [0, 0.1) is 0 Å². The number of hydrogen-bond acceptors (Lipinski definition) is 8. The Morgan fingerprint density at radius 2 is 1.96 bits per heavy atom. The molecule has 0 aliphatic rings. The van der Waals surface area contributed by atoms with Gasteiger partial charge in [0.15, 0.2) is 6.61 Å². The Bertz CT molecular complexity index is 1150. The summed E-state index contributed by atoms with van der Waals surface area (Å²) >= 11 is 0. The molecule has 0 amide bonds. The number of nitrogens with two attached hydrogens (primary N) is 1. The summed E-state index contributed by atoms with van der Waals surface area (Å²) in [5.74, 6) is -1.63. The molecule has 0 fully saturated rings. The van der Waals surface area contributed by atoms with E-state index >= 15 is 0 Å². The van der Waals surface area contributed by atoms with E-state index in [0.717, 1.165) is 9.13 Å². The second-order valence-electron chi connectivity index (χ2n) is 5.93. The number of Topliss-reactive ketones (excluding diaryl/α,β-unsaturated/α-hetero) is 1. The van der Waals surface area contributed by atoms with E-state index in [-0.39, 0.29) is 11.6 Å². The molecular formula is C17H17N5O6. The molecule has 3 heterocycles. The highest BCUT2D eigenvalue weighted by molar-refractivity contribution is 6.01. The fraction of sp³-hybridized carbons (Fsp3) is 0.235. The van der Waals surface area contributed by atoms with Gasteiger partial charge < -0.3 is 14.9 Å². The Kier molecular flexibility index (Phi) is 4.98. The second-order valence-corrected chi connectivity index (χ2v) is 5.93. The second kappa shape index (κ2) is 7.39. The van der Waals surface area contributed by atoms with Gasteiger partial charge in [0.1, 0.15) is 17.1 Å². The lowest BCUT2D eigenvalue weighted by molar-refractivity contribution is 0.0441. The molecule has 0 spiro atoms. The third kappa shape index (κ3) is 3.49. The normalized spacial score (nSPS) is 10.8. The van der Waals surface area contributed by atoms with Crippen LogP contribution in [0.25, 0.3) is 0 Å².